The second kappa shape index (κ2) is 7.37. The molecule has 0 spiro atoms. The van der Waals surface area contributed by atoms with Gasteiger partial charge in [0.15, 0.2) is 0 Å². The number of amides is 1. The maximum absolute atomic E-state index is 12.9. The van der Waals surface area contributed by atoms with Gasteiger partial charge in [0.25, 0.3) is 10.0 Å². The Morgan fingerprint density at radius 3 is 2.15 bits per heavy atom. The zero-order valence-corrected chi connectivity index (χ0v) is 15.7. The molecule has 138 valence electrons. The van der Waals surface area contributed by atoms with E-state index in [2.05, 4.69) is 10.0 Å². The molecular weight excluding hydrogens is 352 g/mol. The molecule has 2 aromatic rings. The fraction of sp³-hybridized carbons (Fsp3) is 0.316. The van der Waals surface area contributed by atoms with Crippen molar-refractivity contribution in [1.29, 1.82) is 0 Å². The SMILES string of the molecule is COc1cc2c(cc1S(=O)(=O)Nc1ccc(NC(C)=O)cc1)CCCC2. The molecule has 7 heteroatoms. The van der Waals surface area contributed by atoms with E-state index in [1.807, 2.05) is 6.07 Å². The zero-order chi connectivity index (χ0) is 18.7. The number of sulfonamides is 1. The summed E-state index contributed by atoms with van der Waals surface area (Å²) < 4.78 is 33.6. The van der Waals surface area contributed by atoms with Crippen LogP contribution in [0.1, 0.15) is 30.9 Å². The maximum Gasteiger partial charge on any atom is 0.265 e. The number of benzene rings is 2. The highest BCUT2D eigenvalue weighted by atomic mass is 32.2. The topological polar surface area (TPSA) is 84.5 Å². The second-order valence-corrected chi connectivity index (χ2v) is 7.99. The molecule has 1 amide bonds. The fourth-order valence-electron chi connectivity index (χ4n) is 3.15. The van der Waals surface area contributed by atoms with Crippen molar-refractivity contribution in [1.82, 2.24) is 0 Å². The van der Waals surface area contributed by atoms with Gasteiger partial charge in [0.05, 0.1) is 7.11 Å². The Hall–Kier alpha value is -2.54. The largest absolute Gasteiger partial charge is 0.495 e. The van der Waals surface area contributed by atoms with Crippen molar-refractivity contribution in [2.45, 2.75) is 37.5 Å². The van der Waals surface area contributed by atoms with E-state index in [0.29, 0.717) is 17.1 Å². The molecule has 1 aliphatic rings. The predicted molar refractivity (Wildman–Crippen MR) is 101 cm³/mol. The number of aryl methyl sites for hydroxylation is 2. The first kappa shape index (κ1) is 18.3. The molecule has 0 aliphatic heterocycles. The molecule has 1 aliphatic carbocycles. The number of anilines is 2. The summed E-state index contributed by atoms with van der Waals surface area (Å²) in [5.74, 6) is 0.171. The molecule has 6 nitrogen and oxygen atoms in total. The summed E-state index contributed by atoms with van der Waals surface area (Å²) in [6.07, 6.45) is 4.01. The Morgan fingerprint density at radius 1 is 1.00 bits per heavy atom. The van der Waals surface area contributed by atoms with Gasteiger partial charge in [-0.05, 0) is 73.2 Å². The first-order chi connectivity index (χ1) is 12.4. The lowest BCUT2D eigenvalue weighted by atomic mass is 9.92. The molecule has 2 N–H and O–H groups in total. The standard InChI is InChI=1S/C19H22N2O4S/c1-13(22)20-16-7-9-17(10-8-16)21-26(23,24)19-12-15-6-4-3-5-14(15)11-18(19)25-2/h7-12,21H,3-6H2,1-2H3,(H,20,22). The normalized spacial score (nSPS) is 13.6. The van der Waals surface area contributed by atoms with Gasteiger partial charge >= 0.3 is 0 Å². The van der Waals surface area contributed by atoms with Crippen LogP contribution in [0.5, 0.6) is 5.75 Å². The number of rotatable bonds is 5. The number of carbonyl (C=O) groups is 1. The average Bonchev–Trinajstić information content (AvgIpc) is 2.61. The molecule has 0 atom stereocenters. The number of nitrogens with one attached hydrogen (secondary N) is 2. The minimum absolute atomic E-state index is 0.145. The third-order valence-electron chi connectivity index (χ3n) is 4.38. The lowest BCUT2D eigenvalue weighted by Crippen LogP contribution is -2.16. The highest BCUT2D eigenvalue weighted by Gasteiger charge is 2.23. The van der Waals surface area contributed by atoms with Gasteiger partial charge in [-0.25, -0.2) is 8.42 Å². The van der Waals surface area contributed by atoms with Crippen molar-refractivity contribution in [3.8, 4) is 5.75 Å². The summed E-state index contributed by atoms with van der Waals surface area (Å²) in [4.78, 5) is 11.2. The Kier molecular flexibility index (Phi) is 5.18. The zero-order valence-electron chi connectivity index (χ0n) is 14.8. The third-order valence-corrected chi connectivity index (χ3v) is 5.78. The van der Waals surface area contributed by atoms with Crippen molar-refractivity contribution < 1.29 is 17.9 Å². The monoisotopic (exact) mass is 374 g/mol. The first-order valence-electron chi connectivity index (χ1n) is 8.49. The molecule has 0 fully saturated rings. The van der Waals surface area contributed by atoms with Crippen LogP contribution in [0.2, 0.25) is 0 Å². The van der Waals surface area contributed by atoms with Crippen LogP contribution in [0.25, 0.3) is 0 Å². The first-order valence-corrected chi connectivity index (χ1v) is 9.97. The summed E-state index contributed by atoms with van der Waals surface area (Å²) in [6, 6.07) is 10.1. The van der Waals surface area contributed by atoms with Crippen molar-refractivity contribution in [2.24, 2.45) is 0 Å². The highest BCUT2D eigenvalue weighted by molar-refractivity contribution is 7.92. The number of hydrogen-bond acceptors (Lipinski definition) is 4. The van der Waals surface area contributed by atoms with Gasteiger partial charge in [-0.3, -0.25) is 9.52 Å². The van der Waals surface area contributed by atoms with Crippen molar-refractivity contribution in [2.75, 3.05) is 17.1 Å². The number of ether oxygens (including phenoxy) is 1. The molecule has 0 heterocycles. The van der Waals surface area contributed by atoms with E-state index in [-0.39, 0.29) is 10.8 Å². The van der Waals surface area contributed by atoms with Crippen LogP contribution in [-0.4, -0.2) is 21.4 Å². The minimum atomic E-state index is -3.79. The van der Waals surface area contributed by atoms with Crippen LogP contribution in [0.15, 0.2) is 41.3 Å². The van der Waals surface area contributed by atoms with Gasteiger partial charge < -0.3 is 10.1 Å². The van der Waals surface area contributed by atoms with Gasteiger partial charge in [0.2, 0.25) is 5.91 Å². The van der Waals surface area contributed by atoms with E-state index >= 15 is 0 Å². The highest BCUT2D eigenvalue weighted by Crippen LogP contribution is 2.33. The predicted octanol–water partition coefficient (Wildman–Crippen LogP) is 3.33. The molecule has 0 aromatic heterocycles. The van der Waals surface area contributed by atoms with Crippen LogP contribution < -0.4 is 14.8 Å². The van der Waals surface area contributed by atoms with Gasteiger partial charge in [0, 0.05) is 18.3 Å². The fourth-order valence-corrected chi connectivity index (χ4v) is 4.41. The molecule has 2 aromatic carbocycles. The van der Waals surface area contributed by atoms with Crippen LogP contribution >= 0.6 is 0 Å². The third kappa shape index (κ3) is 3.99. The molecule has 3 rings (SSSR count). The summed E-state index contributed by atoms with van der Waals surface area (Å²) in [7, 11) is -2.31. The van der Waals surface area contributed by atoms with E-state index in [1.54, 1.807) is 30.3 Å². The van der Waals surface area contributed by atoms with E-state index in [9.17, 15) is 13.2 Å². The molecule has 0 unspecified atom stereocenters. The van der Waals surface area contributed by atoms with Gasteiger partial charge in [-0.2, -0.15) is 0 Å². The van der Waals surface area contributed by atoms with Crippen LogP contribution in [0.4, 0.5) is 11.4 Å². The van der Waals surface area contributed by atoms with Crippen molar-refractivity contribution in [3.63, 3.8) is 0 Å². The van der Waals surface area contributed by atoms with Gasteiger partial charge in [-0.1, -0.05) is 0 Å². The average molecular weight is 374 g/mol. The Labute approximate surface area is 153 Å². The van der Waals surface area contributed by atoms with Crippen molar-refractivity contribution >= 4 is 27.3 Å². The summed E-state index contributed by atoms with van der Waals surface area (Å²) in [5.41, 5.74) is 3.25. The molecule has 0 radical (unpaired) electrons. The molecule has 26 heavy (non-hydrogen) atoms. The lowest BCUT2D eigenvalue weighted by Gasteiger charge is -2.19. The number of carbonyl (C=O) groups excluding carboxylic acids is 1. The summed E-state index contributed by atoms with van der Waals surface area (Å²) in [6.45, 7) is 1.42. The minimum Gasteiger partial charge on any atom is -0.495 e. The van der Waals surface area contributed by atoms with Crippen LogP contribution in [0.3, 0.4) is 0 Å². The lowest BCUT2D eigenvalue weighted by molar-refractivity contribution is -0.114. The quantitative estimate of drug-likeness (QED) is 0.841. The number of methoxy groups -OCH3 is 1. The van der Waals surface area contributed by atoms with Crippen LogP contribution in [-0.2, 0) is 27.7 Å². The van der Waals surface area contributed by atoms with E-state index < -0.39 is 10.0 Å². The molecule has 0 bridgehead atoms. The van der Waals surface area contributed by atoms with Gasteiger partial charge in [0.1, 0.15) is 10.6 Å². The smallest absolute Gasteiger partial charge is 0.265 e. The summed E-state index contributed by atoms with van der Waals surface area (Å²) >= 11 is 0. The maximum atomic E-state index is 12.9. The molecule has 0 saturated heterocycles. The Bertz CT molecular complexity index is 921. The van der Waals surface area contributed by atoms with E-state index in [1.165, 1.54) is 14.0 Å². The summed E-state index contributed by atoms with van der Waals surface area (Å²) in [5, 5.41) is 2.64. The van der Waals surface area contributed by atoms with E-state index in [4.69, 9.17) is 4.74 Å². The molecular formula is C19H22N2O4S. The molecule has 0 saturated carbocycles. The second-order valence-electron chi connectivity index (χ2n) is 6.34. The van der Waals surface area contributed by atoms with Crippen molar-refractivity contribution in [3.05, 3.63) is 47.5 Å². The van der Waals surface area contributed by atoms with E-state index in [0.717, 1.165) is 36.8 Å². The van der Waals surface area contributed by atoms with Gasteiger partial charge in [-0.15, -0.1) is 0 Å². The number of fused-ring (bicyclic) bond motifs is 1. The Morgan fingerprint density at radius 2 is 1.58 bits per heavy atom. The van der Waals surface area contributed by atoms with Crippen LogP contribution in [0, 0.1) is 0 Å². The number of hydrogen-bond donors (Lipinski definition) is 2. The Balaban J connectivity index is 1.89.